The number of carbonyl (C=O) groups is 2. The van der Waals surface area contributed by atoms with Crippen LogP contribution in [0.4, 0.5) is 14.5 Å². The van der Waals surface area contributed by atoms with E-state index < -0.39 is 35.2 Å². The van der Waals surface area contributed by atoms with Crippen LogP contribution in [0.25, 0.3) is 0 Å². The Kier molecular flexibility index (Phi) is 5.27. The van der Waals surface area contributed by atoms with E-state index >= 15 is 0 Å². The molecular weight excluding hydrogens is 342 g/mol. The Balaban J connectivity index is 1.78. The van der Waals surface area contributed by atoms with Gasteiger partial charge in [0.1, 0.15) is 23.4 Å². The highest BCUT2D eigenvalue weighted by Gasteiger charge is 2.33. The van der Waals surface area contributed by atoms with Crippen molar-refractivity contribution in [3.63, 3.8) is 0 Å². The number of anilines is 1. The third kappa shape index (κ3) is 3.72. The number of fused-ring (bicyclic) bond motifs is 1. The Labute approximate surface area is 149 Å². The molecule has 1 aliphatic heterocycles. The largest absolute Gasteiger partial charge is 0.468 e. The summed E-state index contributed by atoms with van der Waals surface area (Å²) in [5.74, 6) is -2.77. The number of carbonyl (C=O) groups excluding carboxylic acids is 2. The van der Waals surface area contributed by atoms with Gasteiger partial charge in [0.2, 0.25) is 5.91 Å². The van der Waals surface area contributed by atoms with Gasteiger partial charge in [-0.3, -0.25) is 14.5 Å². The first-order valence-electron chi connectivity index (χ1n) is 8.12. The summed E-state index contributed by atoms with van der Waals surface area (Å²) in [5.41, 5.74) is 1.52. The summed E-state index contributed by atoms with van der Waals surface area (Å²) in [6.07, 6.45) is 0.407. The van der Waals surface area contributed by atoms with Gasteiger partial charge in [-0.15, -0.1) is 0 Å². The number of rotatable bonds is 4. The third-order valence-corrected chi connectivity index (χ3v) is 4.39. The molecule has 2 aromatic carbocycles. The van der Waals surface area contributed by atoms with Crippen molar-refractivity contribution in [3.8, 4) is 0 Å². The number of ether oxygens (including phenoxy) is 1. The Bertz CT molecular complexity index is 821. The number of nitrogens with one attached hydrogen (secondary N) is 1. The van der Waals surface area contributed by atoms with E-state index in [1.807, 2.05) is 24.3 Å². The number of amides is 1. The van der Waals surface area contributed by atoms with Gasteiger partial charge in [-0.1, -0.05) is 30.3 Å². The zero-order valence-electron chi connectivity index (χ0n) is 14.2. The van der Waals surface area contributed by atoms with E-state index in [0.29, 0.717) is 13.0 Å². The first-order chi connectivity index (χ1) is 12.5. The maximum Gasteiger partial charge on any atom is 0.323 e. The van der Waals surface area contributed by atoms with Crippen LogP contribution in [0.15, 0.2) is 42.5 Å². The van der Waals surface area contributed by atoms with Crippen molar-refractivity contribution in [1.82, 2.24) is 4.90 Å². The predicted octanol–water partition coefficient (Wildman–Crippen LogP) is 2.50. The lowest BCUT2D eigenvalue weighted by Gasteiger charge is -2.34. The van der Waals surface area contributed by atoms with Gasteiger partial charge in [0, 0.05) is 6.54 Å². The molecule has 0 fully saturated rings. The normalized spacial score (nSPS) is 16.7. The molecule has 0 saturated heterocycles. The van der Waals surface area contributed by atoms with Crippen LogP contribution in [-0.2, 0) is 27.3 Å². The van der Waals surface area contributed by atoms with E-state index in [2.05, 4.69) is 5.32 Å². The van der Waals surface area contributed by atoms with Crippen molar-refractivity contribution < 1.29 is 23.1 Å². The lowest BCUT2D eigenvalue weighted by atomic mass is 9.94. The van der Waals surface area contributed by atoms with Crippen molar-refractivity contribution in [2.45, 2.75) is 19.0 Å². The first-order valence-corrected chi connectivity index (χ1v) is 8.12. The molecule has 2 aromatic rings. The molecule has 1 aliphatic rings. The molecule has 1 N–H and O–H groups in total. The molecule has 5 nitrogen and oxygen atoms in total. The van der Waals surface area contributed by atoms with Crippen molar-refractivity contribution in [2.75, 3.05) is 19.0 Å². The van der Waals surface area contributed by atoms with Crippen LogP contribution in [0.3, 0.4) is 0 Å². The molecule has 3 rings (SSSR count). The number of esters is 1. The van der Waals surface area contributed by atoms with Gasteiger partial charge < -0.3 is 10.1 Å². The van der Waals surface area contributed by atoms with Gasteiger partial charge in [0.25, 0.3) is 0 Å². The lowest BCUT2D eigenvalue weighted by Crippen LogP contribution is -2.49. The molecule has 0 unspecified atom stereocenters. The van der Waals surface area contributed by atoms with Gasteiger partial charge in [-0.25, -0.2) is 8.78 Å². The first kappa shape index (κ1) is 18.0. The second kappa shape index (κ2) is 7.61. The smallest absolute Gasteiger partial charge is 0.323 e. The quantitative estimate of drug-likeness (QED) is 0.852. The summed E-state index contributed by atoms with van der Waals surface area (Å²) in [6.45, 7) is 0.172. The molecule has 0 aromatic heterocycles. The minimum absolute atomic E-state index is 0.193. The van der Waals surface area contributed by atoms with Gasteiger partial charge in [-0.05, 0) is 29.7 Å². The minimum Gasteiger partial charge on any atom is -0.468 e. The molecule has 0 aliphatic carbocycles. The van der Waals surface area contributed by atoms with Crippen LogP contribution >= 0.6 is 0 Å². The van der Waals surface area contributed by atoms with E-state index in [1.54, 1.807) is 4.90 Å². The standard InChI is InChI=1S/C19H18F2N2O3/c1-26-19(25)16-9-12-5-2-3-6-13(12)10-23(16)11-17(24)22-18-14(20)7-4-8-15(18)21/h2-8,16H,9-11H2,1H3,(H,22,24)/t16-/m1/s1. The van der Waals surface area contributed by atoms with Crippen molar-refractivity contribution in [3.05, 3.63) is 65.2 Å². The van der Waals surface area contributed by atoms with E-state index in [-0.39, 0.29) is 6.54 Å². The van der Waals surface area contributed by atoms with Crippen molar-refractivity contribution >= 4 is 17.6 Å². The molecule has 7 heteroatoms. The summed E-state index contributed by atoms with van der Waals surface area (Å²) < 4.78 is 32.2. The maximum absolute atomic E-state index is 13.7. The molecule has 0 saturated carbocycles. The molecule has 0 bridgehead atoms. The third-order valence-electron chi connectivity index (χ3n) is 4.39. The molecular formula is C19H18F2N2O3. The molecule has 1 atom stereocenters. The zero-order valence-corrected chi connectivity index (χ0v) is 14.2. The second-order valence-electron chi connectivity index (χ2n) is 6.06. The van der Waals surface area contributed by atoms with E-state index in [1.165, 1.54) is 13.2 Å². The van der Waals surface area contributed by atoms with E-state index in [9.17, 15) is 18.4 Å². The molecule has 26 heavy (non-hydrogen) atoms. The predicted molar refractivity (Wildman–Crippen MR) is 91.3 cm³/mol. The van der Waals surface area contributed by atoms with Crippen molar-refractivity contribution in [1.29, 1.82) is 0 Å². The van der Waals surface area contributed by atoms with Gasteiger partial charge in [0.15, 0.2) is 0 Å². The number of nitrogens with zero attached hydrogens (tertiary/aromatic N) is 1. The van der Waals surface area contributed by atoms with Crippen LogP contribution in [0.5, 0.6) is 0 Å². The summed E-state index contributed by atoms with van der Waals surface area (Å²) in [4.78, 5) is 26.1. The minimum atomic E-state index is -0.855. The molecule has 136 valence electrons. The SMILES string of the molecule is COC(=O)[C@H]1Cc2ccccc2CN1CC(=O)Nc1c(F)cccc1F. The number of halogens is 2. The highest BCUT2D eigenvalue weighted by Crippen LogP contribution is 2.24. The fourth-order valence-electron chi connectivity index (χ4n) is 3.09. The zero-order chi connectivity index (χ0) is 18.7. The van der Waals surface area contributed by atoms with Crippen LogP contribution in [0.2, 0.25) is 0 Å². The Morgan fingerprint density at radius 3 is 2.42 bits per heavy atom. The van der Waals surface area contributed by atoms with Crippen LogP contribution in [-0.4, -0.2) is 36.5 Å². The van der Waals surface area contributed by atoms with E-state index in [0.717, 1.165) is 23.3 Å². The number of methoxy groups -OCH3 is 1. The summed E-state index contributed by atoms with van der Waals surface area (Å²) >= 11 is 0. The van der Waals surface area contributed by atoms with Gasteiger partial charge in [-0.2, -0.15) is 0 Å². The number of para-hydroxylation sites is 1. The van der Waals surface area contributed by atoms with E-state index in [4.69, 9.17) is 4.74 Å². The fourth-order valence-corrected chi connectivity index (χ4v) is 3.09. The average Bonchev–Trinajstić information content (AvgIpc) is 2.63. The Morgan fingerprint density at radius 1 is 1.12 bits per heavy atom. The lowest BCUT2D eigenvalue weighted by molar-refractivity contribution is -0.148. The summed E-state index contributed by atoms with van der Waals surface area (Å²) in [6, 6.07) is 10.3. The summed E-state index contributed by atoms with van der Waals surface area (Å²) in [5, 5.41) is 2.24. The van der Waals surface area contributed by atoms with Crippen LogP contribution in [0.1, 0.15) is 11.1 Å². The second-order valence-corrected chi connectivity index (χ2v) is 6.06. The van der Waals surface area contributed by atoms with Gasteiger partial charge in [0.05, 0.1) is 13.7 Å². The Morgan fingerprint density at radius 2 is 1.77 bits per heavy atom. The topological polar surface area (TPSA) is 58.6 Å². The highest BCUT2D eigenvalue weighted by molar-refractivity contribution is 5.93. The molecule has 0 radical (unpaired) electrons. The number of hydrogen-bond acceptors (Lipinski definition) is 4. The molecule has 1 heterocycles. The summed E-state index contributed by atoms with van der Waals surface area (Å²) in [7, 11) is 1.29. The van der Waals surface area contributed by atoms with Crippen LogP contribution < -0.4 is 5.32 Å². The molecule has 0 spiro atoms. The fraction of sp³-hybridized carbons (Fsp3) is 0.263. The molecule has 1 amide bonds. The highest BCUT2D eigenvalue weighted by atomic mass is 19.1. The maximum atomic E-state index is 13.7. The number of hydrogen-bond donors (Lipinski definition) is 1. The van der Waals surface area contributed by atoms with Crippen molar-refractivity contribution in [2.24, 2.45) is 0 Å². The van der Waals surface area contributed by atoms with Crippen LogP contribution in [0, 0.1) is 11.6 Å². The average molecular weight is 360 g/mol. The van der Waals surface area contributed by atoms with Gasteiger partial charge >= 0.3 is 5.97 Å². The number of benzene rings is 2. The monoisotopic (exact) mass is 360 g/mol. The Hall–Kier alpha value is -2.80.